The van der Waals surface area contributed by atoms with Gasteiger partial charge in [-0.05, 0) is 37.5 Å². The molecule has 5 N–H and O–H groups in total. The van der Waals surface area contributed by atoms with E-state index in [0.29, 0.717) is 19.4 Å². The molecule has 0 aromatic heterocycles. The van der Waals surface area contributed by atoms with E-state index in [2.05, 4.69) is 0 Å². The minimum Gasteiger partial charge on any atom is -0.398 e. The highest BCUT2D eigenvalue weighted by atomic mass is 32.2. The molecule has 0 aliphatic rings. The summed E-state index contributed by atoms with van der Waals surface area (Å²) in [5, 5.41) is 8.69. The smallest absolute Gasteiger partial charge is 0.248 e. The van der Waals surface area contributed by atoms with Gasteiger partial charge in [-0.25, -0.2) is 12.7 Å². The quantitative estimate of drug-likeness (QED) is 0.465. The minimum absolute atomic E-state index is 0.00601. The standard InChI is InChI=1S/C13H21N3O4S/c1-16(7-3-2-4-8-17)21(19,20)12-6-5-10(13(15)18)9-11(12)14/h5-6,9,17H,2-4,7-8,14H2,1H3,(H2,15,18). The van der Waals surface area contributed by atoms with Crippen molar-refractivity contribution < 1.29 is 18.3 Å². The first-order chi connectivity index (χ1) is 9.80. The molecule has 1 amide bonds. The van der Waals surface area contributed by atoms with Gasteiger partial charge in [-0.1, -0.05) is 0 Å². The van der Waals surface area contributed by atoms with E-state index in [1.165, 1.54) is 29.6 Å². The van der Waals surface area contributed by atoms with Crippen molar-refractivity contribution in [2.24, 2.45) is 5.73 Å². The monoisotopic (exact) mass is 315 g/mol. The Balaban J connectivity index is 2.89. The molecule has 118 valence electrons. The second kappa shape index (κ2) is 7.39. The molecule has 1 rings (SSSR count). The molecule has 8 heteroatoms. The maximum absolute atomic E-state index is 12.4. The number of primary amides is 1. The molecule has 0 bridgehead atoms. The van der Waals surface area contributed by atoms with Gasteiger partial charge >= 0.3 is 0 Å². The van der Waals surface area contributed by atoms with Gasteiger partial charge in [0.15, 0.2) is 0 Å². The van der Waals surface area contributed by atoms with Crippen LogP contribution >= 0.6 is 0 Å². The number of hydrogen-bond acceptors (Lipinski definition) is 5. The van der Waals surface area contributed by atoms with Gasteiger partial charge in [0, 0.05) is 25.8 Å². The molecule has 0 saturated carbocycles. The molecular weight excluding hydrogens is 294 g/mol. The molecule has 0 fully saturated rings. The number of unbranched alkanes of at least 4 members (excludes halogenated alkanes) is 2. The zero-order chi connectivity index (χ0) is 16.0. The highest BCUT2D eigenvalue weighted by Crippen LogP contribution is 2.23. The first kappa shape index (κ1) is 17.4. The SMILES string of the molecule is CN(CCCCCO)S(=O)(=O)c1ccc(C(N)=O)cc1N. The Labute approximate surface area is 124 Å². The third-order valence-electron chi connectivity index (χ3n) is 3.11. The molecule has 0 aliphatic heterocycles. The summed E-state index contributed by atoms with van der Waals surface area (Å²) in [5.74, 6) is -0.664. The van der Waals surface area contributed by atoms with E-state index < -0.39 is 15.9 Å². The molecular formula is C13H21N3O4S. The lowest BCUT2D eigenvalue weighted by molar-refractivity contribution is 0.1000. The van der Waals surface area contributed by atoms with Crippen LogP contribution in [-0.4, -0.2) is 43.9 Å². The number of benzene rings is 1. The first-order valence-corrected chi connectivity index (χ1v) is 8.01. The number of nitrogens with zero attached hydrogens (tertiary/aromatic N) is 1. The summed E-state index contributed by atoms with van der Waals surface area (Å²) in [4.78, 5) is 11.0. The number of carbonyl (C=O) groups is 1. The number of nitrogens with two attached hydrogens (primary N) is 2. The van der Waals surface area contributed by atoms with E-state index in [1.54, 1.807) is 0 Å². The summed E-state index contributed by atoms with van der Waals surface area (Å²) < 4.78 is 26.0. The fraction of sp³-hybridized carbons (Fsp3) is 0.462. The van der Waals surface area contributed by atoms with E-state index in [-0.39, 0.29) is 22.8 Å². The summed E-state index contributed by atoms with van der Waals surface area (Å²) in [6, 6.07) is 3.88. The summed E-state index contributed by atoms with van der Waals surface area (Å²) in [6.07, 6.45) is 2.03. The molecule has 0 unspecified atom stereocenters. The second-order valence-corrected chi connectivity index (χ2v) is 6.74. The third-order valence-corrected chi connectivity index (χ3v) is 5.04. The van der Waals surface area contributed by atoms with Gasteiger partial charge < -0.3 is 16.6 Å². The van der Waals surface area contributed by atoms with Crippen LogP contribution in [0.3, 0.4) is 0 Å². The van der Waals surface area contributed by atoms with Crippen LogP contribution in [0, 0.1) is 0 Å². The Morgan fingerprint density at radius 1 is 1.29 bits per heavy atom. The van der Waals surface area contributed by atoms with Crippen LogP contribution in [-0.2, 0) is 10.0 Å². The molecule has 0 spiro atoms. The Bertz CT molecular complexity index is 601. The van der Waals surface area contributed by atoms with Crippen molar-refractivity contribution in [1.29, 1.82) is 0 Å². The van der Waals surface area contributed by atoms with Gasteiger partial charge in [0.2, 0.25) is 15.9 Å². The predicted molar refractivity (Wildman–Crippen MR) is 80.1 cm³/mol. The lowest BCUT2D eigenvalue weighted by Crippen LogP contribution is -2.28. The van der Waals surface area contributed by atoms with Crippen LogP contribution in [0.5, 0.6) is 0 Å². The number of aliphatic hydroxyl groups excluding tert-OH is 1. The molecule has 0 heterocycles. The van der Waals surface area contributed by atoms with Crippen LogP contribution in [0.25, 0.3) is 0 Å². The molecule has 7 nitrogen and oxygen atoms in total. The maximum Gasteiger partial charge on any atom is 0.248 e. The van der Waals surface area contributed by atoms with Crippen LogP contribution in [0.1, 0.15) is 29.6 Å². The lowest BCUT2D eigenvalue weighted by atomic mass is 10.2. The van der Waals surface area contributed by atoms with E-state index in [0.717, 1.165) is 6.42 Å². The Morgan fingerprint density at radius 3 is 2.48 bits per heavy atom. The van der Waals surface area contributed by atoms with Gasteiger partial charge in [-0.2, -0.15) is 0 Å². The van der Waals surface area contributed by atoms with Gasteiger partial charge in [-0.3, -0.25) is 4.79 Å². The molecule has 1 aromatic rings. The fourth-order valence-corrected chi connectivity index (χ4v) is 3.15. The van der Waals surface area contributed by atoms with Crippen LogP contribution in [0.2, 0.25) is 0 Å². The molecule has 1 aromatic carbocycles. The summed E-state index contributed by atoms with van der Waals surface area (Å²) in [6.45, 7) is 0.428. The van der Waals surface area contributed by atoms with Crippen LogP contribution < -0.4 is 11.5 Å². The summed E-state index contributed by atoms with van der Waals surface area (Å²) >= 11 is 0. The first-order valence-electron chi connectivity index (χ1n) is 6.57. The molecule has 0 saturated heterocycles. The molecule has 21 heavy (non-hydrogen) atoms. The van der Waals surface area contributed by atoms with Crippen LogP contribution in [0.15, 0.2) is 23.1 Å². The van der Waals surface area contributed by atoms with Crippen molar-refractivity contribution >= 4 is 21.6 Å². The Hall–Kier alpha value is -1.64. The second-order valence-electron chi connectivity index (χ2n) is 4.73. The number of rotatable bonds is 8. The van der Waals surface area contributed by atoms with E-state index >= 15 is 0 Å². The number of hydrogen-bond donors (Lipinski definition) is 3. The van der Waals surface area contributed by atoms with E-state index in [9.17, 15) is 13.2 Å². The van der Waals surface area contributed by atoms with Crippen molar-refractivity contribution in [2.45, 2.75) is 24.2 Å². The summed E-state index contributed by atoms with van der Waals surface area (Å²) in [7, 11) is -2.24. The Kier molecular flexibility index (Phi) is 6.13. The Morgan fingerprint density at radius 2 is 1.95 bits per heavy atom. The average Bonchev–Trinajstić information content (AvgIpc) is 2.42. The summed E-state index contributed by atoms with van der Waals surface area (Å²) in [5.41, 5.74) is 11.0. The van der Waals surface area contributed by atoms with E-state index in [4.69, 9.17) is 16.6 Å². The number of nitrogen functional groups attached to an aromatic ring is 1. The highest BCUT2D eigenvalue weighted by Gasteiger charge is 2.23. The molecule has 0 radical (unpaired) electrons. The number of carbonyl (C=O) groups excluding carboxylic acids is 1. The van der Waals surface area contributed by atoms with Crippen molar-refractivity contribution in [2.75, 3.05) is 25.9 Å². The van der Waals surface area contributed by atoms with Gasteiger partial charge in [0.05, 0.1) is 5.69 Å². The average molecular weight is 315 g/mol. The van der Waals surface area contributed by atoms with Gasteiger partial charge in [-0.15, -0.1) is 0 Å². The highest BCUT2D eigenvalue weighted by molar-refractivity contribution is 7.89. The number of anilines is 1. The minimum atomic E-state index is -3.71. The molecule has 0 atom stereocenters. The number of amides is 1. The van der Waals surface area contributed by atoms with Gasteiger partial charge in [0.25, 0.3) is 0 Å². The van der Waals surface area contributed by atoms with E-state index in [1.807, 2.05) is 0 Å². The normalized spacial score (nSPS) is 11.8. The zero-order valence-corrected chi connectivity index (χ0v) is 12.8. The fourth-order valence-electron chi connectivity index (χ4n) is 1.85. The largest absolute Gasteiger partial charge is 0.398 e. The third kappa shape index (κ3) is 4.42. The van der Waals surface area contributed by atoms with Crippen molar-refractivity contribution in [3.63, 3.8) is 0 Å². The topological polar surface area (TPSA) is 127 Å². The number of aliphatic hydroxyl groups is 1. The molecule has 0 aliphatic carbocycles. The van der Waals surface area contributed by atoms with Crippen molar-refractivity contribution in [3.05, 3.63) is 23.8 Å². The maximum atomic E-state index is 12.4. The van der Waals surface area contributed by atoms with Gasteiger partial charge in [0.1, 0.15) is 4.90 Å². The zero-order valence-electron chi connectivity index (χ0n) is 11.9. The van der Waals surface area contributed by atoms with Crippen molar-refractivity contribution in [3.8, 4) is 0 Å². The number of sulfonamides is 1. The van der Waals surface area contributed by atoms with Crippen LogP contribution in [0.4, 0.5) is 5.69 Å². The lowest BCUT2D eigenvalue weighted by Gasteiger charge is -2.18. The van der Waals surface area contributed by atoms with Crippen molar-refractivity contribution in [1.82, 2.24) is 4.31 Å². The predicted octanol–water partition coefficient (Wildman–Crippen LogP) is 0.151.